The maximum absolute atomic E-state index is 6.18. The van der Waals surface area contributed by atoms with Crippen LogP contribution in [0.4, 0.5) is 0 Å². The number of hydrogen-bond donors (Lipinski definition) is 0. The Balaban J connectivity index is 2.15. The van der Waals surface area contributed by atoms with Crippen molar-refractivity contribution in [3.05, 3.63) is 55.7 Å². The highest BCUT2D eigenvalue weighted by molar-refractivity contribution is 9.09. The van der Waals surface area contributed by atoms with Gasteiger partial charge in [0.25, 0.3) is 0 Å². The molecule has 102 valence electrons. The minimum atomic E-state index is 0.0697. The van der Waals surface area contributed by atoms with E-state index >= 15 is 0 Å². The molecule has 0 saturated heterocycles. The highest BCUT2D eigenvalue weighted by atomic mass is 79.9. The molecule has 2 aromatic rings. The number of methoxy groups -OCH3 is 1. The minimum Gasteiger partial charge on any atom is -0.384 e. The Bertz CT molecular complexity index is 539. The lowest BCUT2D eigenvalue weighted by Gasteiger charge is -2.10. The fourth-order valence-corrected chi connectivity index (χ4v) is 4.26. The summed E-state index contributed by atoms with van der Waals surface area (Å²) in [6.07, 6.45) is 0.925. The summed E-state index contributed by atoms with van der Waals surface area (Å²) in [6.45, 7) is 0.739. The zero-order chi connectivity index (χ0) is 13.8. The Morgan fingerprint density at radius 2 is 1.95 bits per heavy atom. The van der Waals surface area contributed by atoms with Crippen molar-refractivity contribution >= 4 is 50.5 Å². The molecule has 0 radical (unpaired) electrons. The first kappa shape index (κ1) is 15.3. The predicted molar refractivity (Wildman–Crippen MR) is 87.1 cm³/mol. The van der Waals surface area contributed by atoms with E-state index in [2.05, 4.69) is 40.2 Å². The number of halogens is 3. The van der Waals surface area contributed by atoms with Gasteiger partial charge in [-0.3, -0.25) is 0 Å². The van der Waals surface area contributed by atoms with Crippen LogP contribution in [0.3, 0.4) is 0 Å². The van der Waals surface area contributed by atoms with Crippen molar-refractivity contribution in [2.24, 2.45) is 0 Å². The third-order valence-electron chi connectivity index (χ3n) is 2.82. The average molecular weight is 380 g/mol. The number of rotatable bonds is 5. The van der Waals surface area contributed by atoms with Gasteiger partial charge in [-0.25, -0.2) is 0 Å². The molecule has 19 heavy (non-hydrogen) atoms. The highest BCUT2D eigenvalue weighted by Crippen LogP contribution is 2.41. The summed E-state index contributed by atoms with van der Waals surface area (Å²) in [5.74, 6) is 0. The van der Waals surface area contributed by atoms with E-state index in [1.54, 1.807) is 7.11 Å². The van der Waals surface area contributed by atoms with Crippen molar-refractivity contribution in [2.75, 3.05) is 13.7 Å². The molecule has 1 aromatic carbocycles. The molecule has 1 unspecified atom stereocenters. The number of ether oxygens (including phenoxy) is 1. The van der Waals surface area contributed by atoms with Gasteiger partial charge in [0.2, 0.25) is 0 Å². The van der Waals surface area contributed by atoms with Gasteiger partial charge in [0.15, 0.2) is 0 Å². The van der Waals surface area contributed by atoms with Gasteiger partial charge in [0.05, 0.1) is 20.1 Å². The molecule has 0 spiro atoms. The third kappa shape index (κ3) is 3.96. The van der Waals surface area contributed by atoms with Crippen LogP contribution in [0.1, 0.15) is 21.5 Å². The van der Waals surface area contributed by atoms with E-state index in [0.29, 0.717) is 4.34 Å². The Kier molecular flexibility index (Phi) is 5.72. The Hall–Kier alpha value is -0.0600. The highest BCUT2D eigenvalue weighted by Gasteiger charge is 2.16. The molecule has 0 amide bonds. The second kappa shape index (κ2) is 7.09. The van der Waals surface area contributed by atoms with Crippen LogP contribution >= 0.6 is 50.5 Å². The summed E-state index contributed by atoms with van der Waals surface area (Å²) in [4.78, 5) is 0.0697. The van der Waals surface area contributed by atoms with E-state index < -0.39 is 0 Å². The van der Waals surface area contributed by atoms with Crippen molar-refractivity contribution in [2.45, 2.75) is 11.2 Å². The maximum Gasteiger partial charge on any atom is 0.0990 e. The molecule has 0 saturated carbocycles. The number of thiophene rings is 1. The number of alkyl halides is 1. The molecular formula is C14H13BrCl2OS. The molecule has 0 fully saturated rings. The van der Waals surface area contributed by atoms with E-state index in [1.165, 1.54) is 16.9 Å². The summed E-state index contributed by atoms with van der Waals surface area (Å²) in [5, 5.41) is 0. The zero-order valence-corrected chi connectivity index (χ0v) is 14.2. The normalized spacial score (nSPS) is 12.6. The Labute approximate surface area is 135 Å². The fourth-order valence-electron chi connectivity index (χ4n) is 1.78. The largest absolute Gasteiger partial charge is 0.384 e. The third-order valence-corrected chi connectivity index (χ3v) is 5.36. The lowest BCUT2D eigenvalue weighted by molar-refractivity contribution is 0.202. The second-order valence-corrected chi connectivity index (χ2v) is 7.33. The van der Waals surface area contributed by atoms with E-state index in [4.69, 9.17) is 27.9 Å². The standard InChI is InChI=1S/C14H13BrCl2OS/c1-18-7-6-9-2-4-10(5-3-9)13(15)11-8-12(16)19-14(11)17/h2-5,8,13H,6-7H2,1H3. The van der Waals surface area contributed by atoms with E-state index in [9.17, 15) is 0 Å². The van der Waals surface area contributed by atoms with Crippen LogP contribution in [0.15, 0.2) is 30.3 Å². The van der Waals surface area contributed by atoms with Crippen LogP contribution in [0.5, 0.6) is 0 Å². The summed E-state index contributed by atoms with van der Waals surface area (Å²) in [5.41, 5.74) is 3.44. The molecule has 0 aliphatic carbocycles. The minimum absolute atomic E-state index is 0.0697. The first-order valence-electron chi connectivity index (χ1n) is 5.78. The van der Waals surface area contributed by atoms with Gasteiger partial charge in [-0.1, -0.05) is 63.4 Å². The van der Waals surface area contributed by atoms with Crippen LogP contribution in [0.25, 0.3) is 0 Å². The van der Waals surface area contributed by atoms with Crippen LogP contribution in [0, 0.1) is 0 Å². The maximum atomic E-state index is 6.18. The van der Waals surface area contributed by atoms with Gasteiger partial charge in [0.1, 0.15) is 0 Å². The van der Waals surface area contributed by atoms with Gasteiger partial charge in [-0.2, -0.15) is 0 Å². The van der Waals surface area contributed by atoms with E-state index in [1.807, 2.05) is 6.07 Å². The summed E-state index contributed by atoms with van der Waals surface area (Å²) in [7, 11) is 1.71. The van der Waals surface area contributed by atoms with Gasteiger partial charge in [0, 0.05) is 12.7 Å². The SMILES string of the molecule is COCCc1ccc(C(Br)c2cc(Cl)sc2Cl)cc1. The molecule has 1 nitrogen and oxygen atoms in total. The average Bonchev–Trinajstić information content (AvgIpc) is 2.75. The molecule has 1 aromatic heterocycles. The predicted octanol–water partition coefficient (Wildman–Crippen LogP) is 5.73. The topological polar surface area (TPSA) is 9.23 Å². The number of hydrogen-bond acceptors (Lipinski definition) is 2. The van der Waals surface area contributed by atoms with Crippen molar-refractivity contribution in [1.29, 1.82) is 0 Å². The fraction of sp³-hybridized carbons (Fsp3) is 0.286. The molecule has 0 aliphatic heterocycles. The first-order chi connectivity index (χ1) is 9.11. The smallest absolute Gasteiger partial charge is 0.0990 e. The summed E-state index contributed by atoms with van der Waals surface area (Å²) in [6, 6.07) is 10.3. The van der Waals surface area contributed by atoms with E-state index in [-0.39, 0.29) is 4.83 Å². The van der Waals surface area contributed by atoms with Crippen LogP contribution in [-0.4, -0.2) is 13.7 Å². The second-order valence-electron chi connectivity index (χ2n) is 4.13. The van der Waals surface area contributed by atoms with Gasteiger partial charge in [-0.05, 0) is 23.6 Å². The zero-order valence-electron chi connectivity index (χ0n) is 10.3. The summed E-state index contributed by atoms with van der Waals surface area (Å²) >= 11 is 17.2. The molecule has 1 atom stereocenters. The molecule has 0 aliphatic rings. The monoisotopic (exact) mass is 378 g/mol. The molecule has 5 heteroatoms. The van der Waals surface area contributed by atoms with Crippen molar-refractivity contribution in [3.63, 3.8) is 0 Å². The van der Waals surface area contributed by atoms with Crippen molar-refractivity contribution in [3.8, 4) is 0 Å². The molecule has 2 rings (SSSR count). The molecule has 1 heterocycles. The van der Waals surface area contributed by atoms with Gasteiger partial charge < -0.3 is 4.74 Å². The molecule has 0 bridgehead atoms. The van der Waals surface area contributed by atoms with Gasteiger partial charge in [-0.15, -0.1) is 11.3 Å². The first-order valence-corrected chi connectivity index (χ1v) is 8.27. The number of benzene rings is 1. The lowest BCUT2D eigenvalue weighted by atomic mass is 10.0. The Morgan fingerprint density at radius 1 is 1.26 bits per heavy atom. The van der Waals surface area contributed by atoms with Gasteiger partial charge >= 0.3 is 0 Å². The summed E-state index contributed by atoms with van der Waals surface area (Å²) < 4.78 is 6.51. The van der Waals surface area contributed by atoms with Crippen LogP contribution in [-0.2, 0) is 11.2 Å². The van der Waals surface area contributed by atoms with Crippen molar-refractivity contribution in [1.82, 2.24) is 0 Å². The quantitative estimate of drug-likeness (QED) is 0.603. The van der Waals surface area contributed by atoms with E-state index in [0.717, 1.165) is 28.5 Å². The lowest BCUT2D eigenvalue weighted by Crippen LogP contribution is -1.96. The van der Waals surface area contributed by atoms with Crippen LogP contribution in [0.2, 0.25) is 8.67 Å². The van der Waals surface area contributed by atoms with Crippen molar-refractivity contribution < 1.29 is 4.74 Å². The Morgan fingerprint density at radius 3 is 2.47 bits per heavy atom. The van der Waals surface area contributed by atoms with Crippen LogP contribution < -0.4 is 0 Å². The molecular weight excluding hydrogens is 367 g/mol. The molecule has 0 N–H and O–H groups in total.